The highest BCUT2D eigenvalue weighted by atomic mass is 16.5. The summed E-state index contributed by atoms with van der Waals surface area (Å²) in [6, 6.07) is 18.4. The predicted octanol–water partition coefficient (Wildman–Crippen LogP) is 1.46. The number of aliphatic hydroxyl groups is 3. The molecule has 1 aliphatic heterocycles. The summed E-state index contributed by atoms with van der Waals surface area (Å²) >= 11 is 0. The summed E-state index contributed by atoms with van der Waals surface area (Å²) in [4.78, 5) is 14.7. The summed E-state index contributed by atoms with van der Waals surface area (Å²) < 4.78 is 7.26. The molecule has 2 aromatic carbocycles. The number of ether oxygens (including phenoxy) is 1. The number of carbonyl (C=O) groups excluding carboxylic acids is 1. The molecular weight excluding hydrogens is 472 g/mol. The van der Waals surface area contributed by atoms with Crippen LogP contribution in [0.15, 0.2) is 54.1 Å². The molecule has 9 nitrogen and oxygen atoms in total. The van der Waals surface area contributed by atoms with Crippen molar-refractivity contribution in [3.8, 4) is 17.3 Å². The number of carbonyl (C=O) groups is 1. The number of hydrogen-bond donors (Lipinski definition) is 4. The molecule has 9 heteroatoms. The normalized spacial score (nSPS) is 22.1. The van der Waals surface area contributed by atoms with Crippen LogP contribution in [0.3, 0.4) is 0 Å². The van der Waals surface area contributed by atoms with E-state index in [9.17, 15) is 25.4 Å². The first-order valence-electron chi connectivity index (χ1n) is 12.1. The highest BCUT2D eigenvalue weighted by Crippen LogP contribution is 2.28. The Morgan fingerprint density at radius 1 is 1.14 bits per heavy atom. The second-order valence-electron chi connectivity index (χ2n) is 9.49. The summed E-state index contributed by atoms with van der Waals surface area (Å²) in [5.74, 6) is -0.404. The van der Waals surface area contributed by atoms with Crippen molar-refractivity contribution >= 4 is 28.3 Å². The lowest BCUT2D eigenvalue weighted by atomic mass is 10.00. The summed E-state index contributed by atoms with van der Waals surface area (Å²) in [6.45, 7) is -0.158. The number of nitrogens with one attached hydrogen (secondary N) is 1. The van der Waals surface area contributed by atoms with E-state index in [0.717, 1.165) is 27.7 Å². The summed E-state index contributed by atoms with van der Waals surface area (Å²) in [5, 5.41) is 44.1. The third-order valence-electron chi connectivity index (χ3n) is 6.75. The summed E-state index contributed by atoms with van der Waals surface area (Å²) in [5.41, 5.74) is 3.82. The molecule has 1 aliphatic rings. The van der Waals surface area contributed by atoms with Crippen LogP contribution in [0, 0.1) is 11.3 Å². The molecule has 0 radical (unpaired) electrons. The van der Waals surface area contributed by atoms with Gasteiger partial charge in [0.05, 0.1) is 24.8 Å². The molecular formula is C28H32N4O5. The number of aliphatic hydroxyl groups excluding tert-OH is 3. The van der Waals surface area contributed by atoms with Gasteiger partial charge in [0, 0.05) is 44.8 Å². The minimum atomic E-state index is -1.31. The van der Waals surface area contributed by atoms with Gasteiger partial charge in [-0.05, 0) is 52.7 Å². The van der Waals surface area contributed by atoms with Crippen LogP contribution in [0.2, 0.25) is 0 Å². The van der Waals surface area contributed by atoms with Gasteiger partial charge >= 0.3 is 0 Å². The number of benzene rings is 2. The van der Waals surface area contributed by atoms with Crippen LogP contribution in [-0.4, -0.2) is 83.9 Å². The molecule has 1 fully saturated rings. The number of aromatic nitrogens is 1. The van der Waals surface area contributed by atoms with Crippen LogP contribution >= 0.6 is 0 Å². The van der Waals surface area contributed by atoms with E-state index in [1.807, 2.05) is 43.9 Å². The van der Waals surface area contributed by atoms with E-state index in [2.05, 4.69) is 46.6 Å². The fourth-order valence-electron chi connectivity index (χ4n) is 4.43. The number of ketones is 1. The molecule has 4 atom stereocenters. The Morgan fingerprint density at radius 3 is 2.59 bits per heavy atom. The fourth-order valence-corrected chi connectivity index (χ4v) is 4.43. The van der Waals surface area contributed by atoms with E-state index < -0.39 is 30.2 Å². The summed E-state index contributed by atoms with van der Waals surface area (Å²) in [7, 11) is 5.91. The number of anilines is 1. The molecule has 0 saturated carbocycles. The molecule has 0 amide bonds. The second-order valence-corrected chi connectivity index (χ2v) is 9.49. The maximum absolute atomic E-state index is 12.7. The smallest absolute Gasteiger partial charge is 0.187 e. The zero-order valence-electron chi connectivity index (χ0n) is 21.1. The van der Waals surface area contributed by atoms with Crippen molar-refractivity contribution in [2.45, 2.75) is 24.4 Å². The lowest BCUT2D eigenvalue weighted by molar-refractivity contribution is -0.185. The quantitative estimate of drug-likeness (QED) is 0.268. The van der Waals surface area contributed by atoms with Crippen LogP contribution in [0.4, 0.5) is 5.69 Å². The van der Waals surface area contributed by atoms with E-state index in [4.69, 9.17) is 4.74 Å². The average Bonchev–Trinajstić information content (AvgIpc) is 3.26. The SMILES string of the molecule is CN(C)c1ccc2cc(-c3ccc(/C=C(\C#N)C(=O)CNC[C@H]4OC[C@H](O)[C@@H](O)[C@@H]4O)n3C)ccc2c1. The van der Waals surface area contributed by atoms with Gasteiger partial charge in [-0.1, -0.05) is 18.2 Å². The lowest BCUT2D eigenvalue weighted by Gasteiger charge is -2.35. The van der Waals surface area contributed by atoms with E-state index in [1.165, 1.54) is 0 Å². The summed E-state index contributed by atoms with van der Waals surface area (Å²) in [6.07, 6.45) is -2.95. The zero-order valence-corrected chi connectivity index (χ0v) is 21.1. The molecule has 194 valence electrons. The average molecular weight is 505 g/mol. The highest BCUT2D eigenvalue weighted by Gasteiger charge is 2.37. The third-order valence-corrected chi connectivity index (χ3v) is 6.75. The third kappa shape index (κ3) is 5.74. The first kappa shape index (κ1) is 26.5. The zero-order chi connectivity index (χ0) is 26.7. The van der Waals surface area contributed by atoms with Crippen LogP contribution in [0.25, 0.3) is 28.1 Å². The molecule has 37 heavy (non-hydrogen) atoms. The molecule has 3 aromatic rings. The van der Waals surface area contributed by atoms with Crippen molar-refractivity contribution in [1.29, 1.82) is 5.26 Å². The molecule has 2 heterocycles. The van der Waals surface area contributed by atoms with E-state index in [0.29, 0.717) is 5.69 Å². The number of Topliss-reactive ketones (excluding diaryl/α,β-unsaturated/α-hetero) is 1. The molecule has 0 aliphatic carbocycles. The van der Waals surface area contributed by atoms with Gasteiger partial charge in [0.2, 0.25) is 0 Å². The van der Waals surface area contributed by atoms with Crippen LogP contribution < -0.4 is 10.2 Å². The van der Waals surface area contributed by atoms with Gasteiger partial charge in [-0.25, -0.2) is 0 Å². The van der Waals surface area contributed by atoms with Gasteiger partial charge in [-0.15, -0.1) is 0 Å². The Kier molecular flexibility index (Phi) is 8.07. The van der Waals surface area contributed by atoms with Crippen molar-refractivity contribution in [2.75, 3.05) is 38.7 Å². The first-order chi connectivity index (χ1) is 17.7. The van der Waals surface area contributed by atoms with Gasteiger partial charge in [-0.3, -0.25) is 4.79 Å². The first-order valence-corrected chi connectivity index (χ1v) is 12.1. The topological polar surface area (TPSA) is 131 Å². The Labute approximate surface area is 215 Å². The molecule has 4 rings (SSSR count). The predicted molar refractivity (Wildman–Crippen MR) is 142 cm³/mol. The molecule has 0 spiro atoms. The van der Waals surface area contributed by atoms with Gasteiger partial charge in [0.25, 0.3) is 0 Å². The number of fused-ring (bicyclic) bond motifs is 1. The van der Waals surface area contributed by atoms with Crippen molar-refractivity contribution in [1.82, 2.24) is 9.88 Å². The van der Waals surface area contributed by atoms with E-state index in [-0.39, 0.29) is 25.3 Å². The van der Waals surface area contributed by atoms with Crippen molar-refractivity contribution in [3.05, 3.63) is 59.8 Å². The lowest BCUT2D eigenvalue weighted by Crippen LogP contribution is -2.55. The molecule has 0 bridgehead atoms. The number of rotatable bonds is 8. The number of nitriles is 1. The Bertz CT molecular complexity index is 1360. The molecule has 1 aromatic heterocycles. The van der Waals surface area contributed by atoms with Crippen molar-refractivity contribution in [2.24, 2.45) is 7.05 Å². The molecule has 1 saturated heterocycles. The minimum Gasteiger partial charge on any atom is -0.388 e. The van der Waals surface area contributed by atoms with E-state index >= 15 is 0 Å². The standard InChI is InChI=1S/C28H32N4O5/c1-31(2)21-7-6-17-10-19(5-4-18(17)11-21)23-9-8-22(32(23)3)12-20(13-29)24(33)14-30-15-26-28(36)27(35)25(34)16-37-26/h4-12,25-28,30,34-36H,14-16H2,1-3H3/b20-12+/t25-,26+,27+,28+/m0/s1. The van der Waals surface area contributed by atoms with Crippen molar-refractivity contribution < 1.29 is 24.9 Å². The Hall–Kier alpha value is -3.52. The second kappa shape index (κ2) is 11.3. The van der Waals surface area contributed by atoms with Crippen LogP contribution in [-0.2, 0) is 16.6 Å². The highest BCUT2D eigenvalue weighted by molar-refractivity contribution is 6.04. The number of nitrogens with zero attached hydrogens (tertiary/aromatic N) is 3. The molecule has 0 unspecified atom stereocenters. The number of hydrogen-bond acceptors (Lipinski definition) is 8. The van der Waals surface area contributed by atoms with E-state index in [1.54, 1.807) is 6.08 Å². The van der Waals surface area contributed by atoms with Gasteiger partial charge < -0.3 is 34.8 Å². The monoisotopic (exact) mass is 504 g/mol. The Morgan fingerprint density at radius 2 is 1.86 bits per heavy atom. The van der Waals surface area contributed by atoms with Crippen LogP contribution in [0.1, 0.15) is 5.69 Å². The maximum atomic E-state index is 12.7. The van der Waals surface area contributed by atoms with Gasteiger partial charge in [0.15, 0.2) is 5.78 Å². The molecule has 4 N–H and O–H groups in total. The van der Waals surface area contributed by atoms with Crippen LogP contribution in [0.5, 0.6) is 0 Å². The Balaban J connectivity index is 1.45. The van der Waals surface area contributed by atoms with Gasteiger partial charge in [0.1, 0.15) is 24.4 Å². The van der Waals surface area contributed by atoms with Crippen molar-refractivity contribution in [3.63, 3.8) is 0 Å². The fraction of sp³-hybridized carbons (Fsp3) is 0.357. The minimum absolute atomic E-state index is 0.00413. The van der Waals surface area contributed by atoms with Gasteiger partial charge in [-0.2, -0.15) is 5.26 Å². The largest absolute Gasteiger partial charge is 0.388 e. The maximum Gasteiger partial charge on any atom is 0.187 e.